The summed E-state index contributed by atoms with van der Waals surface area (Å²) in [5, 5.41) is 20.6. The Morgan fingerprint density at radius 3 is 2.33 bits per heavy atom. The van der Waals surface area contributed by atoms with Gasteiger partial charge in [0.15, 0.2) is 0 Å². The number of hydrogen-bond acceptors (Lipinski definition) is 4. The van der Waals surface area contributed by atoms with E-state index in [1.807, 2.05) is 19.9 Å². The molecule has 6 nitrogen and oxygen atoms in total. The highest BCUT2D eigenvalue weighted by Gasteiger charge is 2.27. The SMILES string of the molecule is CC(C)C[C@@H](O)C(=O)N[C@@H](C(N)=O)[C@H](C)CC#N. The third-order valence-corrected chi connectivity index (χ3v) is 2.58. The van der Waals surface area contributed by atoms with Gasteiger partial charge in [0.25, 0.3) is 0 Å². The molecule has 0 fully saturated rings. The summed E-state index contributed by atoms with van der Waals surface area (Å²) in [7, 11) is 0. The van der Waals surface area contributed by atoms with Crippen LogP contribution in [0.3, 0.4) is 0 Å². The van der Waals surface area contributed by atoms with Crippen LogP contribution in [0.15, 0.2) is 0 Å². The van der Waals surface area contributed by atoms with Crippen molar-refractivity contribution in [2.75, 3.05) is 0 Å². The molecule has 0 heterocycles. The summed E-state index contributed by atoms with van der Waals surface area (Å²) in [5.41, 5.74) is 5.17. The van der Waals surface area contributed by atoms with Crippen molar-refractivity contribution in [3.63, 3.8) is 0 Å². The molecule has 6 heteroatoms. The van der Waals surface area contributed by atoms with Crippen molar-refractivity contribution in [2.24, 2.45) is 17.6 Å². The molecule has 3 atom stereocenters. The van der Waals surface area contributed by atoms with Crippen LogP contribution < -0.4 is 11.1 Å². The van der Waals surface area contributed by atoms with E-state index < -0.39 is 24.0 Å². The van der Waals surface area contributed by atoms with Gasteiger partial charge in [0.2, 0.25) is 11.8 Å². The highest BCUT2D eigenvalue weighted by atomic mass is 16.3. The number of carbonyl (C=O) groups is 2. The van der Waals surface area contributed by atoms with Crippen molar-refractivity contribution >= 4 is 11.8 Å². The Kier molecular flexibility index (Phi) is 6.98. The number of primary amides is 1. The Morgan fingerprint density at radius 1 is 1.39 bits per heavy atom. The van der Waals surface area contributed by atoms with Gasteiger partial charge in [0.1, 0.15) is 12.1 Å². The van der Waals surface area contributed by atoms with Crippen LogP contribution in [-0.4, -0.2) is 29.1 Å². The Hall–Kier alpha value is -1.61. The van der Waals surface area contributed by atoms with E-state index >= 15 is 0 Å². The topological polar surface area (TPSA) is 116 Å². The molecule has 0 unspecified atom stereocenters. The van der Waals surface area contributed by atoms with E-state index in [4.69, 9.17) is 11.0 Å². The maximum atomic E-state index is 11.7. The first-order valence-corrected chi connectivity index (χ1v) is 5.94. The van der Waals surface area contributed by atoms with Crippen molar-refractivity contribution in [1.82, 2.24) is 5.32 Å². The van der Waals surface area contributed by atoms with Crippen LogP contribution >= 0.6 is 0 Å². The number of rotatable bonds is 7. The van der Waals surface area contributed by atoms with Crippen LogP contribution in [0, 0.1) is 23.2 Å². The second kappa shape index (κ2) is 7.67. The third-order valence-electron chi connectivity index (χ3n) is 2.58. The van der Waals surface area contributed by atoms with Gasteiger partial charge in [-0.05, 0) is 18.3 Å². The molecule has 18 heavy (non-hydrogen) atoms. The zero-order valence-electron chi connectivity index (χ0n) is 11.0. The molecular formula is C12H21N3O3. The van der Waals surface area contributed by atoms with E-state index in [2.05, 4.69) is 5.32 Å². The minimum Gasteiger partial charge on any atom is -0.383 e. The summed E-state index contributed by atoms with van der Waals surface area (Å²) in [4.78, 5) is 22.9. The van der Waals surface area contributed by atoms with E-state index in [-0.39, 0.29) is 18.3 Å². The number of hydrogen-bond donors (Lipinski definition) is 3. The van der Waals surface area contributed by atoms with E-state index in [0.29, 0.717) is 6.42 Å². The minimum atomic E-state index is -1.17. The van der Waals surface area contributed by atoms with E-state index in [9.17, 15) is 14.7 Å². The number of aliphatic hydroxyl groups is 1. The van der Waals surface area contributed by atoms with Crippen molar-refractivity contribution in [3.8, 4) is 6.07 Å². The van der Waals surface area contributed by atoms with Gasteiger partial charge in [0.05, 0.1) is 6.07 Å². The molecule has 0 aromatic rings. The van der Waals surface area contributed by atoms with Gasteiger partial charge < -0.3 is 16.2 Å². The Balaban J connectivity index is 4.55. The maximum Gasteiger partial charge on any atom is 0.249 e. The highest BCUT2D eigenvalue weighted by Crippen LogP contribution is 2.09. The van der Waals surface area contributed by atoms with Gasteiger partial charge in [-0.25, -0.2) is 0 Å². The number of amides is 2. The molecule has 0 bridgehead atoms. The van der Waals surface area contributed by atoms with Gasteiger partial charge in [-0.1, -0.05) is 20.8 Å². The number of nitriles is 1. The summed E-state index contributed by atoms with van der Waals surface area (Å²) in [6.45, 7) is 5.40. The summed E-state index contributed by atoms with van der Waals surface area (Å²) < 4.78 is 0. The molecule has 0 saturated heterocycles. The Morgan fingerprint density at radius 2 is 1.94 bits per heavy atom. The fourth-order valence-corrected chi connectivity index (χ4v) is 1.56. The monoisotopic (exact) mass is 255 g/mol. The predicted molar refractivity (Wildman–Crippen MR) is 66.0 cm³/mol. The van der Waals surface area contributed by atoms with Crippen LogP contribution in [0.4, 0.5) is 0 Å². The first kappa shape index (κ1) is 16.4. The largest absolute Gasteiger partial charge is 0.383 e. The summed E-state index contributed by atoms with van der Waals surface area (Å²) in [6, 6.07) is 0.984. The van der Waals surface area contributed by atoms with E-state index in [0.717, 1.165) is 0 Å². The number of aliphatic hydroxyl groups excluding tert-OH is 1. The van der Waals surface area contributed by atoms with Crippen LogP contribution in [-0.2, 0) is 9.59 Å². The molecule has 0 aliphatic carbocycles. The van der Waals surface area contributed by atoms with Gasteiger partial charge in [-0.3, -0.25) is 9.59 Å². The lowest BCUT2D eigenvalue weighted by molar-refractivity contribution is -0.134. The number of nitrogens with zero attached hydrogens (tertiary/aromatic N) is 1. The molecule has 2 amide bonds. The van der Waals surface area contributed by atoms with Crippen LogP contribution in [0.1, 0.15) is 33.6 Å². The summed E-state index contributed by atoms with van der Waals surface area (Å²) in [5.74, 6) is -1.56. The second-order valence-corrected chi connectivity index (χ2v) is 4.87. The van der Waals surface area contributed by atoms with Gasteiger partial charge in [-0.15, -0.1) is 0 Å². The molecule has 0 aliphatic heterocycles. The average Bonchev–Trinajstić information content (AvgIpc) is 2.24. The maximum absolute atomic E-state index is 11.7. The molecule has 0 aromatic carbocycles. The molecule has 0 spiro atoms. The fourth-order valence-electron chi connectivity index (χ4n) is 1.56. The average molecular weight is 255 g/mol. The molecule has 0 radical (unpaired) electrons. The van der Waals surface area contributed by atoms with Crippen LogP contribution in [0.25, 0.3) is 0 Å². The predicted octanol–water partition coefficient (Wildman–Crippen LogP) is -0.0867. The first-order valence-electron chi connectivity index (χ1n) is 5.94. The third kappa shape index (κ3) is 5.64. The molecule has 0 aromatic heterocycles. The van der Waals surface area contributed by atoms with E-state index in [1.54, 1.807) is 6.92 Å². The molecule has 0 saturated carbocycles. The smallest absolute Gasteiger partial charge is 0.249 e. The molecule has 0 rings (SSSR count). The summed E-state index contributed by atoms with van der Waals surface area (Å²) >= 11 is 0. The molecule has 0 aliphatic rings. The van der Waals surface area contributed by atoms with Crippen molar-refractivity contribution < 1.29 is 14.7 Å². The number of carbonyl (C=O) groups excluding carboxylic acids is 2. The van der Waals surface area contributed by atoms with Crippen LogP contribution in [0.2, 0.25) is 0 Å². The second-order valence-electron chi connectivity index (χ2n) is 4.87. The number of nitrogens with one attached hydrogen (secondary N) is 1. The van der Waals surface area contributed by atoms with Crippen LogP contribution in [0.5, 0.6) is 0 Å². The lowest BCUT2D eigenvalue weighted by Gasteiger charge is -2.22. The molecule has 4 N–H and O–H groups in total. The Labute approximate surface area is 107 Å². The zero-order chi connectivity index (χ0) is 14.3. The summed E-state index contributed by atoms with van der Waals surface area (Å²) in [6.07, 6.45) is -0.751. The van der Waals surface area contributed by atoms with Gasteiger partial charge in [0, 0.05) is 6.42 Å². The lowest BCUT2D eigenvalue weighted by atomic mass is 9.97. The van der Waals surface area contributed by atoms with Gasteiger partial charge in [-0.2, -0.15) is 5.26 Å². The molecular weight excluding hydrogens is 234 g/mol. The van der Waals surface area contributed by atoms with Crippen molar-refractivity contribution in [1.29, 1.82) is 5.26 Å². The first-order chi connectivity index (χ1) is 8.29. The van der Waals surface area contributed by atoms with Crippen molar-refractivity contribution in [2.45, 2.75) is 45.8 Å². The van der Waals surface area contributed by atoms with E-state index in [1.165, 1.54) is 0 Å². The Bertz CT molecular complexity index is 336. The van der Waals surface area contributed by atoms with Gasteiger partial charge >= 0.3 is 0 Å². The zero-order valence-corrected chi connectivity index (χ0v) is 11.0. The minimum absolute atomic E-state index is 0.105. The van der Waals surface area contributed by atoms with Crippen molar-refractivity contribution in [3.05, 3.63) is 0 Å². The molecule has 102 valence electrons. The normalized spacial score (nSPS) is 15.6. The number of nitrogens with two attached hydrogens (primary N) is 1. The quantitative estimate of drug-likeness (QED) is 0.589. The highest BCUT2D eigenvalue weighted by molar-refractivity contribution is 5.88. The fraction of sp³-hybridized carbons (Fsp3) is 0.750. The standard InChI is InChI=1S/C12H21N3O3/c1-7(2)6-9(16)12(18)15-10(11(14)17)8(3)4-5-13/h7-10,16H,4,6H2,1-3H3,(H2,14,17)(H,15,18)/t8-,9-,10-/m1/s1. The lowest BCUT2D eigenvalue weighted by Crippen LogP contribution is -2.51.